The molecule has 0 N–H and O–H groups in total. The summed E-state index contributed by atoms with van der Waals surface area (Å²) in [6.07, 6.45) is 3.61. The SMILES string of the molecule is COC(=O)CCCN(C)c1ccc2c(c1)C[C@H]1C=Nc3cc(OCc4ccccc4)c(OC)cc3C(=O)N21. The van der Waals surface area contributed by atoms with Crippen molar-refractivity contribution in [1.82, 2.24) is 0 Å². The highest BCUT2D eigenvalue weighted by Gasteiger charge is 2.37. The molecule has 3 aromatic carbocycles. The van der Waals surface area contributed by atoms with Crippen LogP contribution in [0.2, 0.25) is 0 Å². The second-order valence-corrected chi connectivity index (χ2v) is 9.43. The molecule has 1 amide bonds. The van der Waals surface area contributed by atoms with Gasteiger partial charge in [-0.2, -0.15) is 0 Å². The third-order valence-corrected chi connectivity index (χ3v) is 6.98. The Hall–Kier alpha value is -4.33. The molecule has 0 bridgehead atoms. The van der Waals surface area contributed by atoms with E-state index in [-0.39, 0.29) is 17.9 Å². The van der Waals surface area contributed by atoms with Gasteiger partial charge in [-0.05, 0) is 41.8 Å². The highest BCUT2D eigenvalue weighted by Crippen LogP contribution is 2.42. The summed E-state index contributed by atoms with van der Waals surface area (Å²) in [5.41, 5.74) is 5.09. The minimum absolute atomic E-state index is 0.117. The maximum atomic E-state index is 13.8. The van der Waals surface area contributed by atoms with Crippen LogP contribution in [0.1, 0.15) is 34.3 Å². The van der Waals surface area contributed by atoms with Crippen LogP contribution >= 0.6 is 0 Å². The molecule has 8 heteroatoms. The van der Waals surface area contributed by atoms with Crippen LogP contribution in [0.15, 0.2) is 65.7 Å². The molecule has 0 saturated carbocycles. The number of nitrogens with zero attached hydrogens (tertiary/aromatic N) is 3. The predicted molar refractivity (Wildman–Crippen MR) is 147 cm³/mol. The Bertz CT molecular complexity index is 1370. The van der Waals surface area contributed by atoms with Crippen LogP contribution in [0.3, 0.4) is 0 Å². The van der Waals surface area contributed by atoms with Gasteiger partial charge in [0.2, 0.25) is 0 Å². The molecule has 2 heterocycles. The van der Waals surface area contributed by atoms with Gasteiger partial charge in [0.15, 0.2) is 11.5 Å². The largest absolute Gasteiger partial charge is 0.493 e. The zero-order chi connectivity index (χ0) is 26.6. The van der Waals surface area contributed by atoms with Gasteiger partial charge in [-0.15, -0.1) is 0 Å². The van der Waals surface area contributed by atoms with Gasteiger partial charge in [0.25, 0.3) is 5.91 Å². The first-order chi connectivity index (χ1) is 18.5. The Morgan fingerprint density at radius 3 is 2.66 bits per heavy atom. The zero-order valence-electron chi connectivity index (χ0n) is 21.8. The van der Waals surface area contributed by atoms with Gasteiger partial charge in [0.05, 0.1) is 31.5 Å². The number of amides is 1. The molecule has 8 nitrogen and oxygen atoms in total. The van der Waals surface area contributed by atoms with Crippen LogP contribution in [0.4, 0.5) is 17.1 Å². The van der Waals surface area contributed by atoms with Crippen molar-refractivity contribution in [3.8, 4) is 11.5 Å². The summed E-state index contributed by atoms with van der Waals surface area (Å²) in [5.74, 6) is 0.714. The van der Waals surface area contributed by atoms with Crippen molar-refractivity contribution in [1.29, 1.82) is 0 Å². The molecule has 0 spiro atoms. The van der Waals surface area contributed by atoms with Crippen molar-refractivity contribution in [3.05, 3.63) is 77.4 Å². The Morgan fingerprint density at radius 1 is 1.08 bits per heavy atom. The van der Waals surface area contributed by atoms with Crippen LogP contribution in [0, 0.1) is 0 Å². The molecule has 0 unspecified atom stereocenters. The van der Waals surface area contributed by atoms with E-state index in [1.165, 1.54) is 7.11 Å². The number of hydrogen-bond donors (Lipinski definition) is 0. The number of benzene rings is 3. The van der Waals surface area contributed by atoms with Gasteiger partial charge in [-0.1, -0.05) is 30.3 Å². The number of ether oxygens (including phenoxy) is 3. The zero-order valence-corrected chi connectivity index (χ0v) is 21.8. The molecular weight excluding hydrogens is 482 g/mol. The van der Waals surface area contributed by atoms with Gasteiger partial charge >= 0.3 is 5.97 Å². The predicted octanol–water partition coefficient (Wildman–Crippen LogP) is 4.95. The van der Waals surface area contributed by atoms with Gasteiger partial charge in [-0.3, -0.25) is 19.5 Å². The molecule has 196 valence electrons. The van der Waals surface area contributed by atoms with Gasteiger partial charge < -0.3 is 19.1 Å². The lowest BCUT2D eigenvalue weighted by molar-refractivity contribution is -0.140. The third kappa shape index (κ3) is 5.07. The molecule has 5 rings (SSSR count). The number of aliphatic imine (C=N–C) groups is 1. The summed E-state index contributed by atoms with van der Waals surface area (Å²) in [4.78, 5) is 33.8. The molecular formula is C30H31N3O5. The topological polar surface area (TPSA) is 80.7 Å². The Kier molecular flexibility index (Phi) is 7.31. The summed E-state index contributed by atoms with van der Waals surface area (Å²) in [6, 6.07) is 19.3. The van der Waals surface area contributed by atoms with Crippen molar-refractivity contribution in [3.63, 3.8) is 0 Å². The summed E-state index contributed by atoms with van der Waals surface area (Å²) < 4.78 is 16.3. The Morgan fingerprint density at radius 2 is 1.89 bits per heavy atom. The van der Waals surface area contributed by atoms with E-state index in [1.54, 1.807) is 19.2 Å². The standard InChI is InChI=1S/C30H31N3O5/c1-32(13-7-10-29(34)37-3)22-11-12-26-21(14-22)15-23-18-31-25-17-28(38-19-20-8-5-4-6-9-20)27(36-2)16-24(25)30(35)33(23)26/h4-6,8-9,11-12,14,16-18,23H,7,10,13,15,19H2,1-3H3/t23-/m0/s1. The summed E-state index contributed by atoms with van der Waals surface area (Å²) >= 11 is 0. The van der Waals surface area contributed by atoms with E-state index in [1.807, 2.05) is 60.6 Å². The molecule has 2 aliphatic heterocycles. The lowest BCUT2D eigenvalue weighted by Crippen LogP contribution is -2.37. The fourth-order valence-corrected chi connectivity index (χ4v) is 4.91. The van der Waals surface area contributed by atoms with Crippen molar-refractivity contribution in [2.24, 2.45) is 4.99 Å². The van der Waals surface area contributed by atoms with Gasteiger partial charge in [0, 0.05) is 50.1 Å². The maximum Gasteiger partial charge on any atom is 0.305 e. The van der Waals surface area contributed by atoms with E-state index in [9.17, 15) is 9.59 Å². The first-order valence-corrected chi connectivity index (χ1v) is 12.7. The molecule has 2 aliphatic rings. The third-order valence-electron chi connectivity index (χ3n) is 6.98. The quantitative estimate of drug-likeness (QED) is 0.377. The van der Waals surface area contributed by atoms with E-state index in [0.29, 0.717) is 48.6 Å². The number of carbonyl (C=O) groups is 2. The number of rotatable bonds is 9. The van der Waals surface area contributed by atoms with Gasteiger partial charge in [-0.25, -0.2) is 0 Å². The summed E-state index contributed by atoms with van der Waals surface area (Å²) in [7, 11) is 4.97. The van der Waals surface area contributed by atoms with Crippen LogP contribution in [0.5, 0.6) is 11.5 Å². The molecule has 0 fully saturated rings. The second kappa shape index (κ2) is 11.0. The van der Waals surface area contributed by atoms with Crippen LogP contribution in [-0.4, -0.2) is 51.9 Å². The molecule has 1 atom stereocenters. The number of carbonyl (C=O) groups excluding carboxylic acids is 2. The van der Waals surface area contributed by atoms with Crippen molar-refractivity contribution >= 4 is 35.2 Å². The average molecular weight is 514 g/mol. The number of anilines is 2. The van der Waals surface area contributed by atoms with E-state index < -0.39 is 0 Å². The number of esters is 1. The first-order valence-electron chi connectivity index (χ1n) is 12.7. The summed E-state index contributed by atoms with van der Waals surface area (Å²) in [6.45, 7) is 1.11. The van der Waals surface area contributed by atoms with E-state index in [0.717, 1.165) is 29.0 Å². The van der Waals surface area contributed by atoms with Crippen LogP contribution in [0.25, 0.3) is 0 Å². The van der Waals surface area contributed by atoms with E-state index >= 15 is 0 Å². The monoisotopic (exact) mass is 513 g/mol. The van der Waals surface area contributed by atoms with Crippen molar-refractivity contribution in [2.45, 2.75) is 31.9 Å². The highest BCUT2D eigenvalue weighted by molar-refractivity contribution is 6.14. The molecule has 0 radical (unpaired) electrons. The molecule has 38 heavy (non-hydrogen) atoms. The van der Waals surface area contributed by atoms with Crippen LogP contribution < -0.4 is 19.3 Å². The minimum atomic E-state index is -0.204. The normalized spacial score (nSPS) is 15.3. The maximum absolute atomic E-state index is 13.8. The smallest absolute Gasteiger partial charge is 0.305 e. The molecule has 0 aromatic heterocycles. The molecule has 0 aliphatic carbocycles. The lowest BCUT2D eigenvalue weighted by atomic mass is 10.1. The fraction of sp³-hybridized carbons (Fsp3) is 0.300. The van der Waals surface area contributed by atoms with Crippen molar-refractivity contribution in [2.75, 3.05) is 37.6 Å². The first kappa shape index (κ1) is 25.3. The number of hydrogen-bond acceptors (Lipinski definition) is 7. The minimum Gasteiger partial charge on any atom is -0.493 e. The molecule has 0 saturated heterocycles. The Labute approximate surface area is 222 Å². The molecule has 3 aromatic rings. The van der Waals surface area contributed by atoms with Gasteiger partial charge in [0.1, 0.15) is 6.61 Å². The number of fused-ring (bicyclic) bond motifs is 4. The van der Waals surface area contributed by atoms with E-state index in [2.05, 4.69) is 11.0 Å². The summed E-state index contributed by atoms with van der Waals surface area (Å²) in [5, 5.41) is 0. The average Bonchev–Trinajstić information content (AvgIpc) is 3.26. The second-order valence-electron chi connectivity index (χ2n) is 9.43. The highest BCUT2D eigenvalue weighted by atomic mass is 16.5. The van der Waals surface area contributed by atoms with E-state index in [4.69, 9.17) is 19.2 Å². The lowest BCUT2D eigenvalue weighted by Gasteiger charge is -2.23. The Balaban J connectivity index is 1.36. The number of methoxy groups -OCH3 is 2. The van der Waals surface area contributed by atoms with Crippen LogP contribution in [-0.2, 0) is 22.6 Å². The fourth-order valence-electron chi connectivity index (χ4n) is 4.91. The van der Waals surface area contributed by atoms with Crippen molar-refractivity contribution < 1.29 is 23.8 Å².